The van der Waals surface area contributed by atoms with Gasteiger partial charge in [-0.05, 0) is 66.2 Å². The van der Waals surface area contributed by atoms with E-state index in [1.807, 2.05) is 6.07 Å². The van der Waals surface area contributed by atoms with Crippen LogP contribution in [0.15, 0.2) is 18.2 Å². The van der Waals surface area contributed by atoms with E-state index in [9.17, 15) is 0 Å². The lowest BCUT2D eigenvalue weighted by molar-refractivity contribution is 0.0407. The molecule has 1 aliphatic rings. The van der Waals surface area contributed by atoms with Crippen molar-refractivity contribution in [1.82, 2.24) is 4.90 Å². The molecule has 1 heterocycles. The van der Waals surface area contributed by atoms with E-state index in [1.54, 1.807) is 0 Å². The maximum atomic E-state index is 5.87. The smallest absolute Gasteiger partial charge is 0.0480 e. The van der Waals surface area contributed by atoms with Gasteiger partial charge < -0.3 is 10.5 Å². The van der Waals surface area contributed by atoms with Gasteiger partial charge in [0.05, 0.1) is 0 Å². The molecule has 2 rings (SSSR count). The van der Waals surface area contributed by atoms with Crippen molar-refractivity contribution in [3.8, 4) is 0 Å². The Balaban J connectivity index is 1.99. The summed E-state index contributed by atoms with van der Waals surface area (Å²) in [5.74, 6) is 0. The average Bonchev–Trinajstić information content (AvgIpc) is 2.28. The molecule has 4 heteroatoms. The van der Waals surface area contributed by atoms with Gasteiger partial charge in [-0.3, -0.25) is 4.90 Å². The van der Waals surface area contributed by atoms with Gasteiger partial charge in [0.2, 0.25) is 0 Å². The second kappa shape index (κ2) is 6.02. The molecule has 0 spiro atoms. The molecule has 2 N–H and O–H groups in total. The predicted octanol–water partition coefficient (Wildman–Crippen LogP) is 2.48. The Morgan fingerprint density at radius 1 is 1.35 bits per heavy atom. The minimum Gasteiger partial charge on any atom is -0.399 e. The summed E-state index contributed by atoms with van der Waals surface area (Å²) in [6.07, 6.45) is 2.27. The fourth-order valence-electron chi connectivity index (χ4n) is 2.31. The van der Waals surface area contributed by atoms with Crippen molar-refractivity contribution in [1.29, 1.82) is 0 Å². The van der Waals surface area contributed by atoms with E-state index in [0.717, 1.165) is 38.3 Å². The normalized spacial score (nSPS) is 17.6. The van der Waals surface area contributed by atoms with Crippen LogP contribution >= 0.6 is 22.6 Å². The standard InChI is InChI=1S/C13H19IN2O/c1-16(13-2-4-17-5-3-13)9-10-6-11(14)8-12(15)7-10/h6-8,13H,2-5,9,15H2,1H3. The van der Waals surface area contributed by atoms with E-state index >= 15 is 0 Å². The van der Waals surface area contributed by atoms with Crippen LogP contribution in [0.2, 0.25) is 0 Å². The van der Waals surface area contributed by atoms with Gasteiger partial charge in [0.15, 0.2) is 0 Å². The van der Waals surface area contributed by atoms with Gasteiger partial charge in [-0.2, -0.15) is 0 Å². The Labute approximate surface area is 116 Å². The summed E-state index contributed by atoms with van der Waals surface area (Å²) < 4.78 is 6.60. The monoisotopic (exact) mass is 346 g/mol. The third-order valence-corrected chi connectivity index (χ3v) is 3.85. The number of nitrogens with zero attached hydrogens (tertiary/aromatic N) is 1. The maximum Gasteiger partial charge on any atom is 0.0480 e. The zero-order valence-corrected chi connectivity index (χ0v) is 12.3. The van der Waals surface area contributed by atoms with Crippen LogP contribution in [-0.4, -0.2) is 31.2 Å². The first-order valence-corrected chi connectivity index (χ1v) is 7.06. The van der Waals surface area contributed by atoms with Gasteiger partial charge in [0.1, 0.15) is 0 Å². The van der Waals surface area contributed by atoms with Gasteiger partial charge >= 0.3 is 0 Å². The summed E-state index contributed by atoms with van der Waals surface area (Å²) in [6, 6.07) is 6.91. The second-order valence-electron chi connectivity index (χ2n) is 4.65. The maximum absolute atomic E-state index is 5.87. The third-order valence-electron chi connectivity index (χ3n) is 3.23. The molecule has 1 aromatic carbocycles. The molecule has 94 valence electrons. The van der Waals surface area contributed by atoms with Crippen molar-refractivity contribution in [2.24, 2.45) is 0 Å². The predicted molar refractivity (Wildman–Crippen MR) is 78.9 cm³/mol. The van der Waals surface area contributed by atoms with Crippen LogP contribution < -0.4 is 5.73 Å². The number of hydrogen-bond donors (Lipinski definition) is 1. The van der Waals surface area contributed by atoms with Crippen molar-refractivity contribution in [3.05, 3.63) is 27.3 Å². The molecular formula is C13H19IN2O. The van der Waals surface area contributed by atoms with Gasteiger partial charge in [0, 0.05) is 35.1 Å². The van der Waals surface area contributed by atoms with E-state index in [1.165, 1.54) is 9.13 Å². The van der Waals surface area contributed by atoms with Crippen molar-refractivity contribution >= 4 is 28.3 Å². The first-order chi connectivity index (χ1) is 8.15. The Morgan fingerprint density at radius 2 is 2.06 bits per heavy atom. The molecule has 0 amide bonds. The Kier molecular flexibility index (Phi) is 4.64. The van der Waals surface area contributed by atoms with Crippen LogP contribution in [0.4, 0.5) is 5.69 Å². The summed E-state index contributed by atoms with van der Waals surface area (Å²) >= 11 is 2.31. The SMILES string of the molecule is CN(Cc1cc(N)cc(I)c1)C1CCOCC1. The van der Waals surface area contributed by atoms with Gasteiger partial charge in [-0.25, -0.2) is 0 Å². The number of nitrogens with two attached hydrogens (primary N) is 1. The Bertz CT molecular complexity index is 357. The Morgan fingerprint density at radius 3 is 2.71 bits per heavy atom. The molecule has 1 fully saturated rings. The fraction of sp³-hybridized carbons (Fsp3) is 0.538. The first-order valence-electron chi connectivity index (χ1n) is 5.98. The van der Waals surface area contributed by atoms with Crippen LogP contribution in [0.5, 0.6) is 0 Å². The molecule has 0 aromatic heterocycles. The quantitative estimate of drug-likeness (QED) is 0.675. The highest BCUT2D eigenvalue weighted by Gasteiger charge is 2.18. The molecule has 0 aliphatic carbocycles. The lowest BCUT2D eigenvalue weighted by atomic mass is 10.1. The number of anilines is 1. The average molecular weight is 346 g/mol. The lowest BCUT2D eigenvalue weighted by Crippen LogP contribution is -2.36. The summed E-state index contributed by atoms with van der Waals surface area (Å²) in [4.78, 5) is 2.41. The zero-order chi connectivity index (χ0) is 12.3. The van der Waals surface area contributed by atoms with Crippen LogP contribution in [0.1, 0.15) is 18.4 Å². The minimum absolute atomic E-state index is 0.642. The number of rotatable bonds is 3. The molecule has 0 atom stereocenters. The topological polar surface area (TPSA) is 38.5 Å². The Hall–Kier alpha value is -0.330. The molecule has 0 saturated carbocycles. The number of ether oxygens (including phenoxy) is 1. The van der Waals surface area contributed by atoms with Crippen molar-refractivity contribution in [2.45, 2.75) is 25.4 Å². The molecule has 0 unspecified atom stereocenters. The van der Waals surface area contributed by atoms with E-state index in [4.69, 9.17) is 10.5 Å². The van der Waals surface area contributed by atoms with Crippen molar-refractivity contribution in [3.63, 3.8) is 0 Å². The van der Waals surface area contributed by atoms with Gasteiger partial charge in [-0.15, -0.1) is 0 Å². The molecule has 1 aromatic rings. The van der Waals surface area contributed by atoms with Gasteiger partial charge in [-0.1, -0.05) is 0 Å². The number of benzene rings is 1. The highest BCUT2D eigenvalue weighted by molar-refractivity contribution is 14.1. The summed E-state index contributed by atoms with van der Waals surface area (Å²) in [7, 11) is 2.19. The largest absolute Gasteiger partial charge is 0.399 e. The van der Waals surface area contributed by atoms with Crippen LogP contribution in [0.3, 0.4) is 0 Å². The number of hydrogen-bond acceptors (Lipinski definition) is 3. The first kappa shape index (κ1) is 13.1. The fourth-order valence-corrected chi connectivity index (χ4v) is 3.07. The summed E-state index contributed by atoms with van der Waals surface area (Å²) in [6.45, 7) is 2.75. The van der Waals surface area contributed by atoms with E-state index in [2.05, 4.69) is 46.7 Å². The molecular weight excluding hydrogens is 327 g/mol. The second-order valence-corrected chi connectivity index (χ2v) is 5.90. The molecule has 1 aliphatic heterocycles. The van der Waals surface area contributed by atoms with E-state index in [-0.39, 0.29) is 0 Å². The van der Waals surface area contributed by atoms with E-state index in [0.29, 0.717) is 6.04 Å². The van der Waals surface area contributed by atoms with E-state index < -0.39 is 0 Å². The molecule has 1 saturated heterocycles. The number of halogens is 1. The molecule has 17 heavy (non-hydrogen) atoms. The van der Waals surface area contributed by atoms with Crippen molar-refractivity contribution < 1.29 is 4.74 Å². The minimum atomic E-state index is 0.642. The molecule has 3 nitrogen and oxygen atoms in total. The van der Waals surface area contributed by atoms with Crippen LogP contribution in [0.25, 0.3) is 0 Å². The van der Waals surface area contributed by atoms with Crippen molar-refractivity contribution in [2.75, 3.05) is 26.0 Å². The molecule has 0 bridgehead atoms. The highest BCUT2D eigenvalue weighted by atomic mass is 127. The molecule has 0 radical (unpaired) electrons. The summed E-state index contributed by atoms with van der Waals surface area (Å²) in [5, 5.41) is 0. The van der Waals surface area contributed by atoms with Gasteiger partial charge in [0.25, 0.3) is 0 Å². The number of nitrogen functional groups attached to an aromatic ring is 1. The summed E-state index contributed by atoms with van der Waals surface area (Å²) in [5.41, 5.74) is 8.02. The lowest BCUT2D eigenvalue weighted by Gasteiger charge is -2.31. The third kappa shape index (κ3) is 3.82. The zero-order valence-electron chi connectivity index (χ0n) is 10.2. The van der Waals surface area contributed by atoms with Crippen LogP contribution in [-0.2, 0) is 11.3 Å². The highest BCUT2D eigenvalue weighted by Crippen LogP contribution is 2.19. The van der Waals surface area contributed by atoms with Crippen LogP contribution in [0, 0.1) is 3.57 Å².